The summed E-state index contributed by atoms with van der Waals surface area (Å²) in [6, 6.07) is 6.99. The van der Waals surface area contributed by atoms with Gasteiger partial charge in [0, 0.05) is 18.2 Å². The molecule has 1 atom stereocenters. The highest BCUT2D eigenvalue weighted by atomic mass is 35.5. The smallest absolute Gasteiger partial charge is 0.260 e. The van der Waals surface area contributed by atoms with Crippen LogP contribution in [-0.4, -0.2) is 31.3 Å². The lowest BCUT2D eigenvalue weighted by molar-refractivity contribution is -0.127. The summed E-state index contributed by atoms with van der Waals surface area (Å²) in [6.07, 6.45) is 6.97. The summed E-state index contributed by atoms with van der Waals surface area (Å²) in [6.45, 7) is 3.06. The topological polar surface area (TPSA) is 47.6 Å². The lowest BCUT2D eigenvalue weighted by Crippen LogP contribution is -2.37. The number of hydrogen-bond donors (Lipinski definition) is 1. The van der Waals surface area contributed by atoms with Crippen molar-refractivity contribution in [1.82, 2.24) is 5.32 Å². The first-order valence-corrected chi connectivity index (χ1v) is 8.84. The van der Waals surface area contributed by atoms with Crippen molar-refractivity contribution >= 4 is 17.5 Å². The van der Waals surface area contributed by atoms with E-state index in [1.807, 2.05) is 0 Å². The predicted molar refractivity (Wildman–Crippen MR) is 92.0 cm³/mol. The van der Waals surface area contributed by atoms with Crippen molar-refractivity contribution in [2.75, 3.05) is 13.2 Å². The molecule has 0 saturated heterocycles. The van der Waals surface area contributed by atoms with Crippen molar-refractivity contribution < 1.29 is 14.3 Å². The second-order valence-electron chi connectivity index (χ2n) is 5.99. The van der Waals surface area contributed by atoms with Gasteiger partial charge in [-0.05, 0) is 50.5 Å². The second-order valence-corrected chi connectivity index (χ2v) is 6.43. The average Bonchev–Trinajstić information content (AvgIpc) is 2.57. The van der Waals surface area contributed by atoms with E-state index in [-0.39, 0.29) is 5.91 Å². The standard InChI is InChI=1S/C18H26ClNO3/c1-14(23-17-10-8-15(19)9-11-17)18(21)20-12-5-13-22-16-6-3-2-4-7-16/h8-11,14,16H,2-7,12-13H2,1H3,(H,20,21). The van der Waals surface area contributed by atoms with Gasteiger partial charge < -0.3 is 14.8 Å². The molecule has 1 unspecified atom stereocenters. The Morgan fingerprint density at radius 1 is 1.26 bits per heavy atom. The molecule has 1 fully saturated rings. The van der Waals surface area contributed by atoms with Crippen molar-refractivity contribution in [2.45, 2.75) is 57.7 Å². The number of carbonyl (C=O) groups is 1. The monoisotopic (exact) mass is 339 g/mol. The van der Waals surface area contributed by atoms with Gasteiger partial charge in [0.05, 0.1) is 6.10 Å². The van der Waals surface area contributed by atoms with E-state index in [1.165, 1.54) is 32.1 Å². The van der Waals surface area contributed by atoms with Crippen LogP contribution >= 0.6 is 11.6 Å². The fourth-order valence-corrected chi connectivity index (χ4v) is 2.81. The van der Waals surface area contributed by atoms with E-state index in [4.69, 9.17) is 21.1 Å². The van der Waals surface area contributed by atoms with E-state index in [1.54, 1.807) is 31.2 Å². The first-order valence-electron chi connectivity index (χ1n) is 8.46. The number of halogens is 1. The van der Waals surface area contributed by atoms with Crippen LogP contribution in [0.15, 0.2) is 24.3 Å². The van der Waals surface area contributed by atoms with E-state index < -0.39 is 6.10 Å². The molecule has 128 valence electrons. The van der Waals surface area contributed by atoms with E-state index in [2.05, 4.69) is 5.32 Å². The van der Waals surface area contributed by atoms with Crippen LogP contribution in [0.5, 0.6) is 5.75 Å². The van der Waals surface area contributed by atoms with E-state index in [0.717, 1.165) is 6.42 Å². The molecule has 0 bridgehead atoms. The number of carbonyl (C=O) groups excluding carboxylic acids is 1. The molecular formula is C18H26ClNO3. The molecule has 1 aromatic carbocycles. The van der Waals surface area contributed by atoms with Gasteiger partial charge in [-0.3, -0.25) is 4.79 Å². The third-order valence-electron chi connectivity index (χ3n) is 4.02. The van der Waals surface area contributed by atoms with Crippen LogP contribution in [0.3, 0.4) is 0 Å². The molecule has 0 aliphatic heterocycles. The fourth-order valence-electron chi connectivity index (χ4n) is 2.68. The van der Waals surface area contributed by atoms with Gasteiger partial charge in [0.2, 0.25) is 0 Å². The molecule has 0 heterocycles. The highest BCUT2D eigenvalue weighted by Gasteiger charge is 2.15. The zero-order chi connectivity index (χ0) is 16.5. The Balaban J connectivity index is 1.57. The molecular weight excluding hydrogens is 314 g/mol. The summed E-state index contributed by atoms with van der Waals surface area (Å²) < 4.78 is 11.4. The first-order chi connectivity index (χ1) is 11.1. The van der Waals surface area contributed by atoms with Crippen molar-refractivity contribution in [1.29, 1.82) is 0 Å². The van der Waals surface area contributed by atoms with Gasteiger partial charge >= 0.3 is 0 Å². The van der Waals surface area contributed by atoms with Crippen LogP contribution in [0.25, 0.3) is 0 Å². The van der Waals surface area contributed by atoms with Gasteiger partial charge in [-0.1, -0.05) is 30.9 Å². The molecule has 23 heavy (non-hydrogen) atoms. The molecule has 1 N–H and O–H groups in total. The molecule has 1 aromatic rings. The Bertz CT molecular complexity index is 472. The maximum absolute atomic E-state index is 12.0. The Kier molecular flexibility index (Phi) is 7.69. The second kappa shape index (κ2) is 9.78. The van der Waals surface area contributed by atoms with Gasteiger partial charge in [0.15, 0.2) is 6.10 Å². The third kappa shape index (κ3) is 6.80. The van der Waals surface area contributed by atoms with E-state index in [0.29, 0.717) is 30.0 Å². The number of nitrogens with one attached hydrogen (secondary N) is 1. The lowest BCUT2D eigenvalue weighted by atomic mass is 9.98. The van der Waals surface area contributed by atoms with Crippen molar-refractivity contribution in [2.24, 2.45) is 0 Å². The van der Waals surface area contributed by atoms with Gasteiger partial charge in [0.1, 0.15) is 5.75 Å². The third-order valence-corrected chi connectivity index (χ3v) is 4.27. The Morgan fingerprint density at radius 3 is 2.65 bits per heavy atom. The molecule has 1 saturated carbocycles. The summed E-state index contributed by atoms with van der Waals surface area (Å²) in [5, 5.41) is 3.53. The minimum absolute atomic E-state index is 0.113. The highest BCUT2D eigenvalue weighted by molar-refractivity contribution is 6.30. The molecule has 2 rings (SSSR count). The zero-order valence-corrected chi connectivity index (χ0v) is 14.5. The van der Waals surface area contributed by atoms with Crippen molar-refractivity contribution in [3.8, 4) is 5.75 Å². The van der Waals surface area contributed by atoms with E-state index in [9.17, 15) is 4.79 Å². The number of benzene rings is 1. The number of hydrogen-bond acceptors (Lipinski definition) is 3. The molecule has 1 aliphatic rings. The maximum atomic E-state index is 12.0. The Hall–Kier alpha value is -1.26. The number of ether oxygens (including phenoxy) is 2. The quantitative estimate of drug-likeness (QED) is 0.729. The van der Waals surface area contributed by atoms with E-state index >= 15 is 0 Å². The lowest BCUT2D eigenvalue weighted by Gasteiger charge is -2.22. The largest absolute Gasteiger partial charge is 0.481 e. The minimum Gasteiger partial charge on any atom is -0.481 e. The number of amides is 1. The molecule has 1 aliphatic carbocycles. The number of rotatable bonds is 8. The van der Waals surface area contributed by atoms with Gasteiger partial charge in [0.25, 0.3) is 5.91 Å². The van der Waals surface area contributed by atoms with Crippen LogP contribution < -0.4 is 10.1 Å². The first kappa shape index (κ1) is 18.1. The summed E-state index contributed by atoms with van der Waals surface area (Å²) in [4.78, 5) is 12.0. The maximum Gasteiger partial charge on any atom is 0.260 e. The van der Waals surface area contributed by atoms with Crippen molar-refractivity contribution in [3.05, 3.63) is 29.3 Å². The Labute approximate surface area is 143 Å². The van der Waals surface area contributed by atoms with Crippen LogP contribution in [0.2, 0.25) is 5.02 Å². The zero-order valence-electron chi connectivity index (χ0n) is 13.7. The molecule has 4 nitrogen and oxygen atoms in total. The summed E-state index contributed by atoms with van der Waals surface area (Å²) >= 11 is 5.82. The van der Waals surface area contributed by atoms with Crippen LogP contribution in [0.4, 0.5) is 0 Å². The van der Waals surface area contributed by atoms with Crippen molar-refractivity contribution in [3.63, 3.8) is 0 Å². The molecule has 0 spiro atoms. The fraction of sp³-hybridized carbons (Fsp3) is 0.611. The minimum atomic E-state index is -0.532. The SMILES string of the molecule is CC(Oc1ccc(Cl)cc1)C(=O)NCCCOC1CCCCC1. The molecule has 5 heteroatoms. The predicted octanol–water partition coefficient (Wildman–Crippen LogP) is 3.96. The summed E-state index contributed by atoms with van der Waals surface area (Å²) in [5.74, 6) is 0.523. The van der Waals surface area contributed by atoms with Gasteiger partial charge in [-0.25, -0.2) is 0 Å². The van der Waals surface area contributed by atoms with Gasteiger partial charge in [-0.2, -0.15) is 0 Å². The molecule has 0 radical (unpaired) electrons. The van der Waals surface area contributed by atoms with Gasteiger partial charge in [-0.15, -0.1) is 0 Å². The van der Waals surface area contributed by atoms with Crippen LogP contribution in [0.1, 0.15) is 45.4 Å². The molecule has 0 aromatic heterocycles. The summed E-state index contributed by atoms with van der Waals surface area (Å²) in [7, 11) is 0. The van der Waals surface area contributed by atoms with Crippen LogP contribution in [-0.2, 0) is 9.53 Å². The average molecular weight is 340 g/mol. The van der Waals surface area contributed by atoms with Crippen LogP contribution in [0, 0.1) is 0 Å². The normalized spacial score (nSPS) is 16.8. The highest BCUT2D eigenvalue weighted by Crippen LogP contribution is 2.20. The summed E-state index contributed by atoms with van der Waals surface area (Å²) in [5.41, 5.74) is 0. The Morgan fingerprint density at radius 2 is 1.96 bits per heavy atom. The molecule has 1 amide bonds.